The molecule has 0 spiro atoms. The summed E-state index contributed by atoms with van der Waals surface area (Å²) in [5.41, 5.74) is 3.56. The second kappa shape index (κ2) is 5.35. The highest BCUT2D eigenvalue weighted by atomic mass is 35.5. The number of rotatable bonds is 3. The van der Waals surface area contributed by atoms with Gasteiger partial charge in [0.2, 0.25) is 0 Å². The molecule has 0 unspecified atom stereocenters. The van der Waals surface area contributed by atoms with Gasteiger partial charge >= 0.3 is 0 Å². The Morgan fingerprint density at radius 2 is 2.05 bits per heavy atom. The third-order valence-corrected chi connectivity index (χ3v) is 3.83. The van der Waals surface area contributed by atoms with E-state index in [9.17, 15) is 0 Å². The summed E-state index contributed by atoms with van der Waals surface area (Å²) in [7, 11) is 0. The van der Waals surface area contributed by atoms with Gasteiger partial charge in [-0.2, -0.15) is 0 Å². The van der Waals surface area contributed by atoms with Gasteiger partial charge in [-0.3, -0.25) is 0 Å². The Morgan fingerprint density at radius 1 is 1.25 bits per heavy atom. The Morgan fingerprint density at radius 3 is 2.85 bits per heavy atom. The van der Waals surface area contributed by atoms with Crippen LogP contribution in [0.25, 0.3) is 11.0 Å². The van der Waals surface area contributed by atoms with Gasteiger partial charge in [-0.05, 0) is 36.2 Å². The minimum Gasteiger partial charge on any atom is -0.444 e. The SMILES string of the molecule is Cc1cc(NCc2c(Cl)oc3ccccc23)cnc1Cl. The molecule has 3 nitrogen and oxygen atoms in total. The number of pyridine rings is 1. The number of aromatic nitrogens is 1. The number of furan rings is 1. The van der Waals surface area contributed by atoms with E-state index in [0.717, 1.165) is 27.8 Å². The first-order chi connectivity index (χ1) is 9.65. The van der Waals surface area contributed by atoms with Crippen LogP contribution in [-0.2, 0) is 6.54 Å². The van der Waals surface area contributed by atoms with E-state index in [-0.39, 0.29) is 0 Å². The van der Waals surface area contributed by atoms with Gasteiger partial charge in [-0.25, -0.2) is 4.98 Å². The van der Waals surface area contributed by atoms with Crippen molar-refractivity contribution in [2.45, 2.75) is 13.5 Å². The lowest BCUT2D eigenvalue weighted by molar-refractivity contribution is 0.613. The fraction of sp³-hybridized carbons (Fsp3) is 0.133. The molecule has 20 heavy (non-hydrogen) atoms. The first-order valence-corrected chi connectivity index (χ1v) is 6.92. The van der Waals surface area contributed by atoms with Gasteiger partial charge < -0.3 is 9.73 Å². The quantitative estimate of drug-likeness (QED) is 0.688. The Labute approximate surface area is 126 Å². The third-order valence-electron chi connectivity index (χ3n) is 3.13. The van der Waals surface area contributed by atoms with E-state index in [4.69, 9.17) is 27.6 Å². The fourth-order valence-corrected chi connectivity index (χ4v) is 2.43. The Balaban J connectivity index is 1.86. The topological polar surface area (TPSA) is 38.1 Å². The van der Waals surface area contributed by atoms with E-state index in [1.165, 1.54) is 0 Å². The molecule has 2 aromatic heterocycles. The van der Waals surface area contributed by atoms with Gasteiger partial charge in [0, 0.05) is 17.5 Å². The molecule has 1 N–H and O–H groups in total. The Bertz CT molecular complexity index is 768. The van der Waals surface area contributed by atoms with Crippen molar-refractivity contribution in [2.24, 2.45) is 0 Å². The van der Waals surface area contributed by atoms with Crippen LogP contribution in [-0.4, -0.2) is 4.98 Å². The molecule has 5 heteroatoms. The van der Waals surface area contributed by atoms with Crippen LogP contribution in [0.4, 0.5) is 5.69 Å². The van der Waals surface area contributed by atoms with Crippen molar-refractivity contribution in [2.75, 3.05) is 5.32 Å². The zero-order valence-electron chi connectivity index (χ0n) is 10.8. The number of anilines is 1. The van der Waals surface area contributed by atoms with Crippen LogP contribution in [0, 0.1) is 6.92 Å². The van der Waals surface area contributed by atoms with Gasteiger partial charge in [0.25, 0.3) is 0 Å². The number of aryl methyl sites for hydroxylation is 1. The summed E-state index contributed by atoms with van der Waals surface area (Å²) < 4.78 is 5.52. The van der Waals surface area contributed by atoms with Crippen LogP contribution in [0.5, 0.6) is 0 Å². The first-order valence-electron chi connectivity index (χ1n) is 6.17. The summed E-state index contributed by atoms with van der Waals surface area (Å²) >= 11 is 12.1. The molecule has 0 bridgehead atoms. The number of hydrogen-bond acceptors (Lipinski definition) is 3. The summed E-state index contributed by atoms with van der Waals surface area (Å²) in [6, 6.07) is 9.73. The van der Waals surface area contributed by atoms with Crippen molar-refractivity contribution in [3.8, 4) is 0 Å². The van der Waals surface area contributed by atoms with Crippen LogP contribution in [0.3, 0.4) is 0 Å². The first kappa shape index (κ1) is 13.3. The van der Waals surface area contributed by atoms with E-state index in [1.807, 2.05) is 37.3 Å². The minimum atomic E-state index is 0.414. The van der Waals surface area contributed by atoms with Crippen LogP contribution < -0.4 is 5.32 Å². The molecule has 102 valence electrons. The zero-order valence-corrected chi connectivity index (χ0v) is 12.3. The van der Waals surface area contributed by atoms with E-state index < -0.39 is 0 Å². The number of benzene rings is 1. The van der Waals surface area contributed by atoms with E-state index in [0.29, 0.717) is 16.9 Å². The lowest BCUT2D eigenvalue weighted by Crippen LogP contribution is -2.00. The average Bonchev–Trinajstić information content (AvgIpc) is 2.76. The number of fused-ring (bicyclic) bond motifs is 1. The van der Waals surface area contributed by atoms with Crippen molar-refractivity contribution in [1.82, 2.24) is 4.98 Å². The molecule has 3 aromatic rings. The van der Waals surface area contributed by atoms with Crippen molar-refractivity contribution >= 4 is 39.9 Å². The van der Waals surface area contributed by atoms with Crippen molar-refractivity contribution in [1.29, 1.82) is 0 Å². The lowest BCUT2D eigenvalue weighted by atomic mass is 10.2. The fourth-order valence-electron chi connectivity index (χ4n) is 2.08. The van der Waals surface area contributed by atoms with Gasteiger partial charge in [0.05, 0.1) is 11.9 Å². The summed E-state index contributed by atoms with van der Waals surface area (Å²) in [5.74, 6) is 0. The minimum absolute atomic E-state index is 0.414. The van der Waals surface area contributed by atoms with Crippen LogP contribution >= 0.6 is 23.2 Å². The van der Waals surface area contributed by atoms with Crippen molar-refractivity contribution < 1.29 is 4.42 Å². The summed E-state index contributed by atoms with van der Waals surface area (Å²) in [6.07, 6.45) is 1.70. The third kappa shape index (κ3) is 2.47. The van der Waals surface area contributed by atoms with Crippen molar-refractivity contribution in [3.05, 3.63) is 58.0 Å². The van der Waals surface area contributed by atoms with Crippen LogP contribution in [0.2, 0.25) is 10.4 Å². The molecule has 2 heterocycles. The molecule has 0 saturated carbocycles. The van der Waals surface area contributed by atoms with E-state index in [1.54, 1.807) is 6.20 Å². The molecule has 0 atom stereocenters. The van der Waals surface area contributed by atoms with Gasteiger partial charge in [0.15, 0.2) is 5.22 Å². The molecule has 0 fully saturated rings. The molecule has 3 rings (SSSR count). The molecular weight excluding hydrogens is 295 g/mol. The standard InChI is InChI=1S/C15H12Cl2N2O/c1-9-6-10(7-19-14(9)16)18-8-12-11-4-2-3-5-13(11)20-15(12)17/h2-7,18H,8H2,1H3. The summed E-state index contributed by atoms with van der Waals surface area (Å²) in [5, 5.41) is 5.23. The average molecular weight is 307 g/mol. The normalized spacial score (nSPS) is 10.9. The molecular formula is C15H12Cl2N2O. The van der Waals surface area contributed by atoms with Crippen LogP contribution in [0.15, 0.2) is 40.9 Å². The van der Waals surface area contributed by atoms with E-state index >= 15 is 0 Å². The molecule has 1 aromatic carbocycles. The monoisotopic (exact) mass is 306 g/mol. The molecule has 0 saturated heterocycles. The lowest BCUT2D eigenvalue weighted by Gasteiger charge is -2.07. The van der Waals surface area contributed by atoms with Gasteiger partial charge in [-0.1, -0.05) is 29.8 Å². The molecule has 0 aliphatic rings. The molecule has 0 aliphatic heterocycles. The number of para-hydroxylation sites is 1. The highest BCUT2D eigenvalue weighted by Gasteiger charge is 2.11. The highest BCUT2D eigenvalue weighted by Crippen LogP contribution is 2.30. The van der Waals surface area contributed by atoms with E-state index in [2.05, 4.69) is 10.3 Å². The maximum Gasteiger partial charge on any atom is 0.199 e. The maximum atomic E-state index is 6.15. The zero-order chi connectivity index (χ0) is 14.1. The Kier molecular flexibility index (Phi) is 3.55. The summed E-state index contributed by atoms with van der Waals surface area (Å²) in [6.45, 7) is 2.49. The number of nitrogens with zero attached hydrogens (tertiary/aromatic N) is 1. The van der Waals surface area contributed by atoms with Gasteiger partial charge in [-0.15, -0.1) is 0 Å². The molecule has 0 radical (unpaired) electrons. The van der Waals surface area contributed by atoms with Gasteiger partial charge in [0.1, 0.15) is 10.7 Å². The van der Waals surface area contributed by atoms with Crippen LogP contribution in [0.1, 0.15) is 11.1 Å². The number of nitrogens with one attached hydrogen (secondary N) is 1. The predicted molar refractivity (Wildman–Crippen MR) is 82.5 cm³/mol. The smallest absolute Gasteiger partial charge is 0.199 e. The number of hydrogen-bond donors (Lipinski definition) is 1. The maximum absolute atomic E-state index is 6.15. The van der Waals surface area contributed by atoms with Crippen molar-refractivity contribution in [3.63, 3.8) is 0 Å². The second-order valence-corrected chi connectivity index (χ2v) is 5.24. The molecule has 0 aliphatic carbocycles. The predicted octanol–water partition coefficient (Wildman–Crippen LogP) is 5.06. The summed E-state index contributed by atoms with van der Waals surface area (Å²) in [4.78, 5) is 4.11. The largest absolute Gasteiger partial charge is 0.444 e. The molecule has 0 amide bonds. The second-order valence-electron chi connectivity index (χ2n) is 4.54. The highest BCUT2D eigenvalue weighted by molar-refractivity contribution is 6.31. The number of halogens is 2. The Hall–Kier alpha value is -1.71.